The highest BCUT2D eigenvalue weighted by Gasteiger charge is 2.25. The smallest absolute Gasteiger partial charge is 0.293 e. The molecular weight excluding hydrogens is 316 g/mol. The topological polar surface area (TPSA) is 66.6 Å². The van der Waals surface area contributed by atoms with Gasteiger partial charge in [-0.05, 0) is 18.6 Å². The van der Waals surface area contributed by atoms with Crippen LogP contribution in [0.3, 0.4) is 0 Å². The molecule has 0 spiro atoms. The third-order valence-corrected chi connectivity index (χ3v) is 4.53. The molecule has 128 valence electrons. The summed E-state index contributed by atoms with van der Waals surface area (Å²) in [6.45, 7) is 5.91. The maximum absolute atomic E-state index is 12.7. The molecule has 3 aromatic rings. The predicted octanol–water partition coefficient (Wildman–Crippen LogP) is 1.39. The monoisotopic (exact) mass is 336 g/mol. The molecule has 7 heteroatoms. The molecule has 0 aliphatic carbocycles. The SMILES string of the molecule is Cc1ccnc2nc(C(=O)N3CCN(Cc4ccccc4)CC3)nn12. The first kappa shape index (κ1) is 15.7. The van der Waals surface area contributed by atoms with E-state index in [-0.39, 0.29) is 11.7 Å². The van der Waals surface area contributed by atoms with Gasteiger partial charge in [0.2, 0.25) is 5.82 Å². The second-order valence-electron chi connectivity index (χ2n) is 6.29. The molecule has 25 heavy (non-hydrogen) atoms. The highest BCUT2D eigenvalue weighted by Crippen LogP contribution is 2.11. The van der Waals surface area contributed by atoms with Gasteiger partial charge in [0.15, 0.2) is 0 Å². The number of aryl methyl sites for hydroxylation is 1. The lowest BCUT2D eigenvalue weighted by Gasteiger charge is -2.34. The molecule has 1 aliphatic rings. The molecule has 1 aromatic carbocycles. The summed E-state index contributed by atoms with van der Waals surface area (Å²) < 4.78 is 1.61. The number of benzene rings is 1. The quantitative estimate of drug-likeness (QED) is 0.723. The van der Waals surface area contributed by atoms with E-state index in [1.165, 1.54) is 5.56 Å². The lowest BCUT2D eigenvalue weighted by atomic mass is 10.2. The Morgan fingerprint density at radius 2 is 1.84 bits per heavy atom. The normalized spacial score (nSPS) is 15.6. The Bertz CT molecular complexity index is 883. The summed E-state index contributed by atoms with van der Waals surface area (Å²) in [5.41, 5.74) is 2.20. The number of carbonyl (C=O) groups is 1. The van der Waals surface area contributed by atoms with E-state index in [4.69, 9.17) is 0 Å². The van der Waals surface area contributed by atoms with E-state index in [9.17, 15) is 4.79 Å². The van der Waals surface area contributed by atoms with Gasteiger partial charge in [-0.25, -0.2) is 9.50 Å². The van der Waals surface area contributed by atoms with Crippen molar-refractivity contribution >= 4 is 11.7 Å². The Labute approximate surface area is 145 Å². The molecule has 0 unspecified atom stereocenters. The summed E-state index contributed by atoms with van der Waals surface area (Å²) in [7, 11) is 0. The lowest BCUT2D eigenvalue weighted by molar-refractivity contribution is 0.0617. The van der Waals surface area contributed by atoms with Gasteiger partial charge < -0.3 is 4.90 Å². The predicted molar refractivity (Wildman–Crippen MR) is 93.1 cm³/mol. The van der Waals surface area contributed by atoms with E-state index in [0.717, 1.165) is 25.3 Å². The standard InChI is InChI=1S/C18H20N6O/c1-14-7-8-19-18-20-16(21-24(14)18)17(25)23-11-9-22(10-12-23)13-15-5-3-2-4-6-15/h2-8H,9-13H2,1H3. The fraction of sp³-hybridized carbons (Fsp3) is 0.333. The van der Waals surface area contributed by atoms with E-state index in [1.807, 2.05) is 24.0 Å². The van der Waals surface area contributed by atoms with Gasteiger partial charge in [-0.2, -0.15) is 4.98 Å². The largest absolute Gasteiger partial charge is 0.333 e. The first-order chi connectivity index (χ1) is 12.2. The molecule has 1 aliphatic heterocycles. The van der Waals surface area contributed by atoms with Crippen LogP contribution in [0.15, 0.2) is 42.6 Å². The van der Waals surface area contributed by atoms with E-state index in [2.05, 4.69) is 44.2 Å². The number of hydrogen-bond donors (Lipinski definition) is 0. The maximum atomic E-state index is 12.7. The van der Waals surface area contributed by atoms with Crippen LogP contribution >= 0.6 is 0 Å². The molecule has 0 N–H and O–H groups in total. The number of hydrogen-bond acceptors (Lipinski definition) is 5. The molecule has 3 heterocycles. The van der Waals surface area contributed by atoms with Crippen molar-refractivity contribution in [1.29, 1.82) is 0 Å². The molecule has 0 saturated carbocycles. The second kappa shape index (κ2) is 6.60. The van der Waals surface area contributed by atoms with Crippen LogP contribution in [0, 0.1) is 6.92 Å². The van der Waals surface area contributed by atoms with Crippen LogP contribution < -0.4 is 0 Å². The molecule has 0 atom stereocenters. The third-order valence-electron chi connectivity index (χ3n) is 4.53. The fourth-order valence-corrected chi connectivity index (χ4v) is 3.09. The van der Waals surface area contributed by atoms with Crippen molar-refractivity contribution in [2.24, 2.45) is 0 Å². The van der Waals surface area contributed by atoms with Crippen molar-refractivity contribution in [1.82, 2.24) is 29.4 Å². The minimum Gasteiger partial charge on any atom is -0.333 e. The summed E-state index contributed by atoms with van der Waals surface area (Å²) in [5.74, 6) is 0.564. The van der Waals surface area contributed by atoms with E-state index in [1.54, 1.807) is 10.7 Å². The first-order valence-corrected chi connectivity index (χ1v) is 8.44. The molecule has 2 aromatic heterocycles. The lowest BCUT2D eigenvalue weighted by Crippen LogP contribution is -2.48. The molecule has 1 amide bonds. The zero-order valence-corrected chi connectivity index (χ0v) is 14.2. The zero-order chi connectivity index (χ0) is 17.2. The average molecular weight is 336 g/mol. The minimum atomic E-state index is -0.121. The molecular formula is C18H20N6O. The second-order valence-corrected chi connectivity index (χ2v) is 6.29. The van der Waals surface area contributed by atoms with Crippen LogP contribution in [0.25, 0.3) is 5.78 Å². The van der Waals surface area contributed by atoms with Crippen molar-refractivity contribution in [3.8, 4) is 0 Å². The number of carbonyl (C=O) groups excluding carboxylic acids is 1. The van der Waals surface area contributed by atoms with E-state index in [0.29, 0.717) is 18.9 Å². The number of piperazine rings is 1. The summed E-state index contributed by atoms with van der Waals surface area (Å²) in [6.07, 6.45) is 1.68. The van der Waals surface area contributed by atoms with Gasteiger partial charge in [-0.1, -0.05) is 30.3 Å². The zero-order valence-electron chi connectivity index (χ0n) is 14.2. The first-order valence-electron chi connectivity index (χ1n) is 8.44. The number of fused-ring (bicyclic) bond motifs is 1. The Balaban J connectivity index is 1.41. The van der Waals surface area contributed by atoms with Crippen LogP contribution in [0.2, 0.25) is 0 Å². The molecule has 0 radical (unpaired) electrons. The molecule has 0 bridgehead atoms. The number of rotatable bonds is 3. The van der Waals surface area contributed by atoms with Crippen molar-refractivity contribution in [2.45, 2.75) is 13.5 Å². The molecule has 7 nitrogen and oxygen atoms in total. The maximum Gasteiger partial charge on any atom is 0.293 e. The van der Waals surface area contributed by atoms with Gasteiger partial charge >= 0.3 is 0 Å². The average Bonchev–Trinajstić information content (AvgIpc) is 3.08. The number of amides is 1. The van der Waals surface area contributed by atoms with Crippen LogP contribution in [0.5, 0.6) is 0 Å². The van der Waals surface area contributed by atoms with Gasteiger partial charge in [-0.15, -0.1) is 5.10 Å². The van der Waals surface area contributed by atoms with Crippen molar-refractivity contribution in [3.63, 3.8) is 0 Å². The van der Waals surface area contributed by atoms with Gasteiger partial charge in [-0.3, -0.25) is 9.69 Å². The third kappa shape index (κ3) is 3.23. The fourth-order valence-electron chi connectivity index (χ4n) is 3.09. The van der Waals surface area contributed by atoms with E-state index >= 15 is 0 Å². The molecule has 1 fully saturated rings. The highest BCUT2D eigenvalue weighted by atomic mass is 16.2. The van der Waals surface area contributed by atoms with Gasteiger partial charge in [0.1, 0.15) is 0 Å². The summed E-state index contributed by atoms with van der Waals surface area (Å²) in [4.78, 5) is 25.3. The summed E-state index contributed by atoms with van der Waals surface area (Å²) >= 11 is 0. The number of nitrogens with zero attached hydrogens (tertiary/aromatic N) is 6. The number of aromatic nitrogens is 4. The van der Waals surface area contributed by atoms with Crippen LogP contribution in [0.1, 0.15) is 21.9 Å². The highest BCUT2D eigenvalue weighted by molar-refractivity contribution is 5.91. The van der Waals surface area contributed by atoms with Gasteiger partial charge in [0.05, 0.1) is 0 Å². The van der Waals surface area contributed by atoms with Crippen LogP contribution in [-0.2, 0) is 6.54 Å². The van der Waals surface area contributed by atoms with Crippen molar-refractivity contribution in [3.05, 3.63) is 59.7 Å². The Morgan fingerprint density at radius 3 is 2.56 bits per heavy atom. The van der Waals surface area contributed by atoms with Gasteiger partial charge in [0.25, 0.3) is 11.7 Å². The van der Waals surface area contributed by atoms with E-state index < -0.39 is 0 Å². The Hall–Kier alpha value is -2.80. The molecule has 1 saturated heterocycles. The van der Waals surface area contributed by atoms with Crippen molar-refractivity contribution < 1.29 is 4.79 Å². The summed E-state index contributed by atoms with van der Waals surface area (Å²) in [6, 6.07) is 12.2. The van der Waals surface area contributed by atoms with Crippen LogP contribution in [0.4, 0.5) is 0 Å². The van der Waals surface area contributed by atoms with Gasteiger partial charge in [0, 0.05) is 44.6 Å². The van der Waals surface area contributed by atoms with Crippen LogP contribution in [-0.4, -0.2) is 61.5 Å². The summed E-state index contributed by atoms with van der Waals surface area (Å²) in [5, 5.41) is 4.31. The Morgan fingerprint density at radius 1 is 1.08 bits per heavy atom. The minimum absolute atomic E-state index is 0.121. The van der Waals surface area contributed by atoms with Crippen molar-refractivity contribution in [2.75, 3.05) is 26.2 Å². The molecule has 4 rings (SSSR count). The Kier molecular flexibility index (Phi) is 4.15.